The van der Waals surface area contributed by atoms with E-state index in [4.69, 9.17) is 4.74 Å². The van der Waals surface area contributed by atoms with E-state index >= 15 is 0 Å². The first-order valence-electron chi connectivity index (χ1n) is 5.25. The van der Waals surface area contributed by atoms with Gasteiger partial charge in [0.25, 0.3) is 0 Å². The first-order valence-corrected chi connectivity index (χ1v) is 6.04. The second kappa shape index (κ2) is 7.01. The van der Waals surface area contributed by atoms with E-state index in [9.17, 15) is 4.79 Å². The number of ether oxygens (including phenoxy) is 2. The molecule has 1 rings (SSSR count). The number of hydrogen-bond donors (Lipinski definition) is 0. The van der Waals surface area contributed by atoms with E-state index in [0.717, 1.165) is 10.9 Å². The zero-order valence-electron chi connectivity index (χ0n) is 9.96. The molecule has 0 aromatic carbocycles. The minimum absolute atomic E-state index is 0.0425. The van der Waals surface area contributed by atoms with Crippen LogP contribution >= 0.6 is 15.9 Å². The average Bonchev–Trinajstić information content (AvgIpc) is 2.57. The minimum atomic E-state index is -0.303. The normalized spacial score (nSPS) is 24.7. The molecule has 1 heterocycles. The van der Waals surface area contributed by atoms with E-state index in [-0.39, 0.29) is 18.2 Å². The third kappa shape index (κ3) is 3.31. The lowest BCUT2D eigenvalue weighted by atomic mass is 10.1. The summed E-state index contributed by atoms with van der Waals surface area (Å²) in [4.78, 5) is 11.3. The van der Waals surface area contributed by atoms with Gasteiger partial charge >= 0.3 is 5.97 Å². The fraction of sp³-hybridized carbons (Fsp3) is 0.727. The second-order valence-electron chi connectivity index (χ2n) is 2.93. The van der Waals surface area contributed by atoms with Gasteiger partial charge in [0.2, 0.25) is 0 Å². The predicted molar refractivity (Wildman–Crippen MR) is 63.9 cm³/mol. The van der Waals surface area contributed by atoms with E-state index in [1.165, 1.54) is 7.11 Å². The summed E-state index contributed by atoms with van der Waals surface area (Å²) in [5.41, 5.74) is 0.623. The SMILES string of the molecule is CC.CCC1OC(C)C(Br)=C1C(=O)OC. The summed E-state index contributed by atoms with van der Waals surface area (Å²) in [5.74, 6) is -0.303. The molecule has 0 radical (unpaired) electrons. The first-order chi connectivity index (χ1) is 7.11. The lowest BCUT2D eigenvalue weighted by molar-refractivity contribution is -0.137. The summed E-state index contributed by atoms with van der Waals surface area (Å²) in [6.45, 7) is 7.88. The maximum Gasteiger partial charge on any atom is 0.337 e. The van der Waals surface area contributed by atoms with E-state index in [1.54, 1.807) is 0 Å². The van der Waals surface area contributed by atoms with Crippen molar-refractivity contribution in [2.45, 2.75) is 46.3 Å². The summed E-state index contributed by atoms with van der Waals surface area (Å²) in [5, 5.41) is 0. The monoisotopic (exact) mass is 278 g/mol. The lowest BCUT2D eigenvalue weighted by Gasteiger charge is -2.10. The Morgan fingerprint density at radius 1 is 1.53 bits per heavy atom. The van der Waals surface area contributed by atoms with Crippen molar-refractivity contribution in [2.24, 2.45) is 0 Å². The average molecular weight is 279 g/mol. The number of rotatable bonds is 2. The maximum atomic E-state index is 11.3. The molecule has 0 fully saturated rings. The molecular formula is C11H19BrO3. The van der Waals surface area contributed by atoms with Gasteiger partial charge in [-0.05, 0) is 13.3 Å². The quantitative estimate of drug-likeness (QED) is 0.729. The summed E-state index contributed by atoms with van der Waals surface area (Å²) >= 11 is 3.35. The smallest absolute Gasteiger partial charge is 0.337 e. The van der Waals surface area contributed by atoms with Gasteiger partial charge in [-0.25, -0.2) is 4.79 Å². The van der Waals surface area contributed by atoms with Crippen molar-refractivity contribution in [3.63, 3.8) is 0 Å². The molecule has 0 saturated heterocycles. The van der Waals surface area contributed by atoms with Crippen LogP contribution in [0.5, 0.6) is 0 Å². The van der Waals surface area contributed by atoms with Gasteiger partial charge in [-0.3, -0.25) is 0 Å². The molecule has 2 unspecified atom stereocenters. The summed E-state index contributed by atoms with van der Waals surface area (Å²) in [6, 6.07) is 0. The second-order valence-corrected chi connectivity index (χ2v) is 3.78. The number of carbonyl (C=O) groups is 1. The van der Waals surface area contributed by atoms with E-state index < -0.39 is 0 Å². The zero-order chi connectivity index (χ0) is 12.0. The lowest BCUT2D eigenvalue weighted by Crippen LogP contribution is -2.17. The van der Waals surface area contributed by atoms with Crippen LogP contribution in [0.4, 0.5) is 0 Å². The molecule has 2 atom stereocenters. The van der Waals surface area contributed by atoms with Gasteiger partial charge in [0, 0.05) is 4.48 Å². The molecule has 1 aliphatic rings. The van der Waals surface area contributed by atoms with Crippen molar-refractivity contribution in [1.29, 1.82) is 0 Å². The molecule has 0 spiro atoms. The highest BCUT2D eigenvalue weighted by Crippen LogP contribution is 2.33. The van der Waals surface area contributed by atoms with Crippen LogP contribution in [-0.4, -0.2) is 25.3 Å². The van der Waals surface area contributed by atoms with Crippen molar-refractivity contribution in [1.82, 2.24) is 0 Å². The first kappa shape index (κ1) is 14.6. The fourth-order valence-electron chi connectivity index (χ4n) is 1.39. The Balaban J connectivity index is 0.000000921. The van der Waals surface area contributed by atoms with E-state index in [0.29, 0.717) is 5.57 Å². The van der Waals surface area contributed by atoms with Crippen molar-refractivity contribution in [2.75, 3.05) is 7.11 Å². The molecule has 0 saturated carbocycles. The Morgan fingerprint density at radius 3 is 2.47 bits per heavy atom. The van der Waals surface area contributed by atoms with Crippen LogP contribution in [0.3, 0.4) is 0 Å². The van der Waals surface area contributed by atoms with Crippen LogP contribution in [0.1, 0.15) is 34.1 Å². The van der Waals surface area contributed by atoms with Crippen molar-refractivity contribution in [3.05, 3.63) is 10.1 Å². The summed E-state index contributed by atoms with van der Waals surface area (Å²) < 4.78 is 11.0. The van der Waals surface area contributed by atoms with Crippen LogP contribution in [0, 0.1) is 0 Å². The molecule has 0 aromatic rings. The minimum Gasteiger partial charge on any atom is -0.466 e. The molecule has 0 N–H and O–H groups in total. The predicted octanol–water partition coefficient (Wildman–Crippen LogP) is 3.03. The largest absolute Gasteiger partial charge is 0.466 e. The van der Waals surface area contributed by atoms with Crippen LogP contribution < -0.4 is 0 Å². The molecule has 0 bridgehead atoms. The number of methoxy groups -OCH3 is 1. The summed E-state index contributed by atoms with van der Waals surface area (Å²) in [6.07, 6.45) is 0.611. The number of carbonyl (C=O) groups excluding carboxylic acids is 1. The van der Waals surface area contributed by atoms with Crippen LogP contribution in [-0.2, 0) is 14.3 Å². The highest BCUT2D eigenvalue weighted by Gasteiger charge is 2.34. The Hall–Kier alpha value is -0.350. The van der Waals surface area contributed by atoms with Crippen LogP contribution in [0.25, 0.3) is 0 Å². The van der Waals surface area contributed by atoms with Crippen LogP contribution in [0.15, 0.2) is 10.1 Å². The number of halogens is 1. The Kier molecular flexibility index (Phi) is 6.85. The number of hydrogen-bond acceptors (Lipinski definition) is 3. The molecule has 88 valence electrons. The Bertz CT molecular complexity index is 248. The fourth-order valence-corrected chi connectivity index (χ4v) is 1.91. The third-order valence-electron chi connectivity index (χ3n) is 2.08. The van der Waals surface area contributed by atoms with Gasteiger partial charge in [-0.2, -0.15) is 0 Å². The van der Waals surface area contributed by atoms with Crippen LogP contribution in [0.2, 0.25) is 0 Å². The Morgan fingerprint density at radius 2 is 2.07 bits per heavy atom. The topological polar surface area (TPSA) is 35.5 Å². The summed E-state index contributed by atoms with van der Waals surface area (Å²) in [7, 11) is 1.38. The standard InChI is InChI=1S/C9H13BrO3.C2H6/c1-4-6-7(9(11)12-3)8(10)5(2)13-6;1-2/h5-6H,4H2,1-3H3;1-2H3. The highest BCUT2D eigenvalue weighted by atomic mass is 79.9. The molecular weight excluding hydrogens is 260 g/mol. The molecule has 0 aromatic heterocycles. The molecule has 4 heteroatoms. The van der Waals surface area contributed by atoms with Gasteiger partial charge in [-0.15, -0.1) is 0 Å². The van der Waals surface area contributed by atoms with E-state index in [1.807, 2.05) is 27.7 Å². The highest BCUT2D eigenvalue weighted by molar-refractivity contribution is 9.11. The van der Waals surface area contributed by atoms with Gasteiger partial charge in [-0.1, -0.05) is 36.7 Å². The van der Waals surface area contributed by atoms with Gasteiger partial charge in [0.1, 0.15) is 0 Å². The Labute approximate surface area is 100.0 Å². The molecule has 15 heavy (non-hydrogen) atoms. The van der Waals surface area contributed by atoms with Gasteiger partial charge in [0.15, 0.2) is 0 Å². The zero-order valence-corrected chi connectivity index (χ0v) is 11.6. The van der Waals surface area contributed by atoms with Gasteiger partial charge < -0.3 is 9.47 Å². The number of esters is 1. The van der Waals surface area contributed by atoms with E-state index in [2.05, 4.69) is 20.7 Å². The van der Waals surface area contributed by atoms with Crippen molar-refractivity contribution in [3.8, 4) is 0 Å². The molecule has 0 aliphatic carbocycles. The van der Waals surface area contributed by atoms with Gasteiger partial charge in [0.05, 0.1) is 24.9 Å². The maximum absolute atomic E-state index is 11.3. The molecule has 1 aliphatic heterocycles. The molecule has 3 nitrogen and oxygen atoms in total. The van der Waals surface area contributed by atoms with Crippen molar-refractivity contribution >= 4 is 21.9 Å². The molecule has 0 amide bonds. The van der Waals surface area contributed by atoms with Crippen molar-refractivity contribution < 1.29 is 14.3 Å². The third-order valence-corrected chi connectivity index (χ3v) is 3.15.